The van der Waals surface area contributed by atoms with Crippen molar-refractivity contribution in [1.82, 2.24) is 0 Å². The highest BCUT2D eigenvalue weighted by atomic mass is 16.3. The van der Waals surface area contributed by atoms with Crippen LogP contribution in [-0.2, 0) is 4.79 Å². The molecule has 6 nitrogen and oxygen atoms in total. The van der Waals surface area contributed by atoms with Crippen LogP contribution in [0.2, 0.25) is 0 Å². The first kappa shape index (κ1) is 19.4. The van der Waals surface area contributed by atoms with Crippen molar-refractivity contribution < 1.29 is 29.7 Å². The number of carbonyl (C=O) groups excluding carboxylic acids is 3. The van der Waals surface area contributed by atoms with Crippen LogP contribution in [0.25, 0.3) is 12.2 Å². The second-order valence-electron chi connectivity index (χ2n) is 5.51. The fourth-order valence-corrected chi connectivity index (χ4v) is 2.14. The van der Waals surface area contributed by atoms with Crippen LogP contribution in [0.1, 0.15) is 31.8 Å². The molecule has 0 bridgehead atoms. The Kier molecular flexibility index (Phi) is 6.44. The van der Waals surface area contributed by atoms with Gasteiger partial charge in [-0.2, -0.15) is 0 Å². The Morgan fingerprint density at radius 3 is 1.74 bits per heavy atom. The number of phenolic OH excluding ortho intramolecular Hbond substituents is 2. The van der Waals surface area contributed by atoms with E-state index in [0.29, 0.717) is 23.7 Å². The van der Waals surface area contributed by atoms with E-state index in [0.717, 1.165) is 6.08 Å². The van der Waals surface area contributed by atoms with Crippen LogP contribution in [-0.4, -0.2) is 33.7 Å². The molecule has 2 rings (SSSR count). The zero-order valence-electron chi connectivity index (χ0n) is 14.1. The zero-order valence-corrected chi connectivity index (χ0v) is 14.1. The van der Waals surface area contributed by atoms with E-state index in [1.54, 1.807) is 6.07 Å². The molecular weight excluding hydrogens is 348 g/mol. The van der Waals surface area contributed by atoms with Gasteiger partial charge in [0.05, 0.1) is 11.1 Å². The van der Waals surface area contributed by atoms with Gasteiger partial charge in [0.15, 0.2) is 18.4 Å². The molecule has 0 radical (unpaired) electrons. The van der Waals surface area contributed by atoms with Crippen molar-refractivity contribution >= 4 is 30.5 Å². The maximum atomic E-state index is 11.8. The molecule has 0 aromatic heterocycles. The van der Waals surface area contributed by atoms with E-state index in [2.05, 4.69) is 0 Å². The molecule has 0 heterocycles. The Balaban J connectivity index is 2.07. The van der Waals surface area contributed by atoms with Crippen molar-refractivity contribution in [2.45, 2.75) is 0 Å². The number of hydrogen-bond acceptors (Lipinski definition) is 6. The third-order valence-electron chi connectivity index (χ3n) is 3.53. The van der Waals surface area contributed by atoms with Crippen LogP contribution in [0.5, 0.6) is 11.5 Å². The normalized spacial score (nSPS) is 11.8. The van der Waals surface area contributed by atoms with Gasteiger partial charge in [-0.25, -0.2) is 0 Å². The van der Waals surface area contributed by atoms with E-state index < -0.39 is 5.78 Å². The topological polar surface area (TPSA) is 112 Å². The molecule has 0 atom stereocenters. The van der Waals surface area contributed by atoms with Gasteiger partial charge < -0.3 is 15.3 Å². The average Bonchev–Trinajstić information content (AvgIpc) is 2.66. The maximum absolute atomic E-state index is 11.8. The van der Waals surface area contributed by atoms with Gasteiger partial charge in [-0.05, 0) is 47.5 Å². The van der Waals surface area contributed by atoms with Crippen LogP contribution >= 0.6 is 0 Å². The quantitative estimate of drug-likeness (QED) is 0.300. The van der Waals surface area contributed by atoms with Gasteiger partial charge in [-0.15, -0.1) is 0 Å². The molecule has 0 unspecified atom stereocenters. The maximum Gasteiger partial charge on any atom is 0.182 e. The van der Waals surface area contributed by atoms with Gasteiger partial charge >= 0.3 is 0 Å². The van der Waals surface area contributed by atoms with Crippen molar-refractivity contribution in [2.24, 2.45) is 0 Å². The Morgan fingerprint density at radius 1 is 0.778 bits per heavy atom. The predicted molar refractivity (Wildman–Crippen MR) is 101 cm³/mol. The van der Waals surface area contributed by atoms with E-state index in [9.17, 15) is 29.7 Å². The molecule has 2 aromatic rings. The third-order valence-corrected chi connectivity index (χ3v) is 3.53. The molecule has 0 aliphatic rings. The van der Waals surface area contributed by atoms with Crippen LogP contribution in [0.15, 0.2) is 60.4 Å². The molecule has 0 aliphatic heterocycles. The standard InChI is InChI=1S/C21H16O6/c22-12-16-9-14(3-7-20(16)26)1-5-18(24)11-19(25)6-2-15-4-8-21(27)17(10-15)13-23/h1-13,24,26-27H/b5-1+,6-2+,18-11-. The van der Waals surface area contributed by atoms with Gasteiger partial charge in [-0.1, -0.05) is 24.3 Å². The van der Waals surface area contributed by atoms with Crippen molar-refractivity contribution in [3.05, 3.63) is 82.6 Å². The minimum Gasteiger partial charge on any atom is -0.508 e. The molecule has 136 valence electrons. The summed E-state index contributed by atoms with van der Waals surface area (Å²) in [6.45, 7) is 0. The summed E-state index contributed by atoms with van der Waals surface area (Å²) in [5.74, 6) is -1.08. The van der Waals surface area contributed by atoms with Crippen LogP contribution < -0.4 is 0 Å². The smallest absolute Gasteiger partial charge is 0.182 e. The van der Waals surface area contributed by atoms with Crippen LogP contribution in [0.3, 0.4) is 0 Å². The highest BCUT2D eigenvalue weighted by Crippen LogP contribution is 2.18. The van der Waals surface area contributed by atoms with E-state index in [4.69, 9.17) is 0 Å². The number of aldehydes is 2. The lowest BCUT2D eigenvalue weighted by molar-refractivity contribution is -0.110. The number of carbonyl (C=O) groups is 3. The first-order valence-electron chi connectivity index (χ1n) is 7.80. The molecule has 6 heteroatoms. The second kappa shape index (κ2) is 8.96. The van der Waals surface area contributed by atoms with Crippen molar-refractivity contribution in [1.29, 1.82) is 0 Å². The summed E-state index contributed by atoms with van der Waals surface area (Å²) >= 11 is 0. The number of benzene rings is 2. The van der Waals surface area contributed by atoms with Gasteiger partial charge in [0, 0.05) is 6.08 Å². The minimum atomic E-state index is -0.489. The van der Waals surface area contributed by atoms with Crippen LogP contribution in [0.4, 0.5) is 0 Å². The fraction of sp³-hybridized carbons (Fsp3) is 0. The molecule has 27 heavy (non-hydrogen) atoms. The summed E-state index contributed by atoms with van der Waals surface area (Å²) < 4.78 is 0. The summed E-state index contributed by atoms with van der Waals surface area (Å²) in [4.78, 5) is 33.4. The molecule has 0 spiro atoms. The van der Waals surface area contributed by atoms with E-state index in [1.165, 1.54) is 54.6 Å². The van der Waals surface area contributed by atoms with Crippen LogP contribution in [0, 0.1) is 0 Å². The molecule has 0 fully saturated rings. The largest absolute Gasteiger partial charge is 0.508 e. The molecule has 2 aromatic carbocycles. The zero-order chi connectivity index (χ0) is 19.8. The number of aliphatic hydroxyl groups excluding tert-OH is 1. The number of allylic oxidation sites excluding steroid dienone is 3. The molecule has 0 amide bonds. The Hall–Kier alpha value is -3.93. The lowest BCUT2D eigenvalue weighted by atomic mass is 10.1. The first-order chi connectivity index (χ1) is 12.9. The molecule has 3 N–H and O–H groups in total. The summed E-state index contributed by atoms with van der Waals surface area (Å²) in [5.41, 5.74) is 1.32. The lowest BCUT2D eigenvalue weighted by Gasteiger charge is -1.99. The summed E-state index contributed by atoms with van der Waals surface area (Å²) in [5, 5.41) is 28.7. The number of rotatable bonds is 7. The highest BCUT2D eigenvalue weighted by molar-refractivity contribution is 6.02. The second-order valence-corrected chi connectivity index (χ2v) is 5.51. The Labute approximate surface area is 155 Å². The van der Waals surface area contributed by atoms with Crippen molar-refractivity contribution in [3.8, 4) is 11.5 Å². The van der Waals surface area contributed by atoms with E-state index >= 15 is 0 Å². The predicted octanol–water partition coefficient (Wildman–Crippen LogP) is 3.46. The molecule has 0 saturated heterocycles. The van der Waals surface area contributed by atoms with Gasteiger partial charge in [0.2, 0.25) is 0 Å². The highest BCUT2D eigenvalue weighted by Gasteiger charge is 2.01. The summed E-state index contributed by atoms with van der Waals surface area (Å²) in [6, 6.07) is 8.63. The van der Waals surface area contributed by atoms with Crippen molar-refractivity contribution in [2.75, 3.05) is 0 Å². The first-order valence-corrected chi connectivity index (χ1v) is 7.80. The lowest BCUT2D eigenvalue weighted by Crippen LogP contribution is -1.89. The number of hydrogen-bond donors (Lipinski definition) is 3. The molecular formula is C21H16O6. The number of ketones is 1. The van der Waals surface area contributed by atoms with Gasteiger partial charge in [0.25, 0.3) is 0 Å². The summed E-state index contributed by atoms with van der Waals surface area (Å²) in [7, 11) is 0. The van der Waals surface area contributed by atoms with Gasteiger partial charge in [0.1, 0.15) is 17.3 Å². The number of aromatic hydroxyl groups is 2. The Morgan fingerprint density at radius 2 is 1.26 bits per heavy atom. The molecule has 0 saturated carbocycles. The monoisotopic (exact) mass is 364 g/mol. The summed E-state index contributed by atoms with van der Waals surface area (Å²) in [6.07, 6.45) is 7.41. The Bertz CT molecular complexity index is 967. The third kappa shape index (κ3) is 5.54. The number of phenols is 2. The molecule has 0 aliphatic carbocycles. The number of aliphatic hydroxyl groups is 1. The van der Waals surface area contributed by atoms with Gasteiger partial charge in [-0.3, -0.25) is 14.4 Å². The minimum absolute atomic E-state index is 0.106. The average molecular weight is 364 g/mol. The van der Waals surface area contributed by atoms with Crippen molar-refractivity contribution in [3.63, 3.8) is 0 Å². The van der Waals surface area contributed by atoms with E-state index in [1.807, 2.05) is 0 Å². The van der Waals surface area contributed by atoms with E-state index in [-0.39, 0.29) is 28.4 Å². The SMILES string of the molecule is O=Cc1cc(/C=C/C(=O)/C=C(O)/C=C/c2ccc(O)c(C=O)c2)ccc1O. The fourth-order valence-electron chi connectivity index (χ4n) is 2.14.